The normalized spacial score (nSPS) is 20.0. The largest absolute Gasteiger partial charge is 0.354 e. The zero-order valence-corrected chi connectivity index (χ0v) is 8.86. The van der Waals surface area contributed by atoms with Crippen molar-refractivity contribution < 1.29 is 4.79 Å². The molecule has 0 saturated heterocycles. The number of hydrogen-bond donors (Lipinski definition) is 2. The van der Waals surface area contributed by atoms with Gasteiger partial charge in [0, 0.05) is 12.6 Å². The van der Waals surface area contributed by atoms with Gasteiger partial charge in [-0.1, -0.05) is 24.3 Å². The summed E-state index contributed by atoms with van der Waals surface area (Å²) in [7, 11) is 0. The lowest BCUT2D eigenvalue weighted by molar-refractivity contribution is -0.123. The number of nitrogens with one attached hydrogen (secondary N) is 1. The molecular weight excluding hydrogens is 188 g/mol. The highest BCUT2D eigenvalue weighted by atomic mass is 16.1. The first-order valence-electron chi connectivity index (χ1n) is 5.29. The molecule has 3 nitrogen and oxygen atoms in total. The lowest BCUT2D eigenvalue weighted by atomic mass is 9.77. The van der Waals surface area contributed by atoms with E-state index in [0.717, 1.165) is 6.42 Å². The fourth-order valence-electron chi connectivity index (χ4n) is 1.88. The summed E-state index contributed by atoms with van der Waals surface area (Å²) in [5, 5.41) is 2.86. The highest BCUT2D eigenvalue weighted by molar-refractivity contribution is 5.86. The van der Waals surface area contributed by atoms with Crippen molar-refractivity contribution in [2.45, 2.75) is 25.3 Å². The van der Waals surface area contributed by atoms with E-state index in [4.69, 9.17) is 5.73 Å². The molecule has 2 atom stereocenters. The Morgan fingerprint density at radius 3 is 3.00 bits per heavy atom. The van der Waals surface area contributed by atoms with Gasteiger partial charge in [-0.2, -0.15) is 0 Å². The molecule has 1 amide bonds. The first-order chi connectivity index (χ1) is 7.18. The zero-order chi connectivity index (χ0) is 10.8. The average molecular weight is 204 g/mol. The van der Waals surface area contributed by atoms with Gasteiger partial charge in [0.2, 0.25) is 5.91 Å². The number of carbonyl (C=O) groups excluding carboxylic acids is 1. The molecule has 2 unspecified atom stereocenters. The summed E-state index contributed by atoms with van der Waals surface area (Å²) >= 11 is 0. The maximum atomic E-state index is 11.7. The smallest absolute Gasteiger partial charge is 0.227 e. The van der Waals surface area contributed by atoms with Crippen LogP contribution in [0.4, 0.5) is 0 Å². The van der Waals surface area contributed by atoms with Crippen LogP contribution in [0.3, 0.4) is 0 Å². The molecule has 1 aliphatic rings. The minimum atomic E-state index is 0.0178. The van der Waals surface area contributed by atoms with Crippen LogP contribution in [0.1, 0.15) is 24.0 Å². The SMILES string of the molecule is CC(N)CNC(=O)C1Cc2ccccc21. The Bertz CT molecular complexity index is 374. The van der Waals surface area contributed by atoms with Crippen molar-refractivity contribution in [3.63, 3.8) is 0 Å². The predicted molar refractivity (Wildman–Crippen MR) is 59.5 cm³/mol. The highest BCUT2D eigenvalue weighted by Crippen LogP contribution is 2.34. The topological polar surface area (TPSA) is 55.1 Å². The van der Waals surface area contributed by atoms with Crippen LogP contribution >= 0.6 is 0 Å². The van der Waals surface area contributed by atoms with Crippen molar-refractivity contribution in [1.82, 2.24) is 5.32 Å². The van der Waals surface area contributed by atoms with Crippen LogP contribution in [0.25, 0.3) is 0 Å². The summed E-state index contributed by atoms with van der Waals surface area (Å²) in [5.74, 6) is 0.144. The molecule has 0 spiro atoms. The summed E-state index contributed by atoms with van der Waals surface area (Å²) in [5.41, 5.74) is 8.04. The summed E-state index contributed by atoms with van der Waals surface area (Å²) in [4.78, 5) is 11.7. The molecular formula is C12H16N2O. The molecule has 3 heteroatoms. The van der Waals surface area contributed by atoms with Gasteiger partial charge in [0.1, 0.15) is 0 Å². The monoisotopic (exact) mass is 204 g/mol. The van der Waals surface area contributed by atoms with E-state index < -0.39 is 0 Å². The van der Waals surface area contributed by atoms with Crippen LogP contribution in [0, 0.1) is 0 Å². The third-order valence-corrected chi connectivity index (χ3v) is 2.77. The van der Waals surface area contributed by atoms with E-state index in [0.29, 0.717) is 6.54 Å². The van der Waals surface area contributed by atoms with Crippen molar-refractivity contribution in [2.24, 2.45) is 5.73 Å². The van der Waals surface area contributed by atoms with Crippen LogP contribution in [0.15, 0.2) is 24.3 Å². The molecule has 0 aromatic heterocycles. The molecule has 0 saturated carbocycles. The number of benzene rings is 1. The number of fused-ring (bicyclic) bond motifs is 1. The minimum Gasteiger partial charge on any atom is -0.354 e. The Hall–Kier alpha value is -1.35. The van der Waals surface area contributed by atoms with Crippen LogP contribution < -0.4 is 11.1 Å². The molecule has 15 heavy (non-hydrogen) atoms. The zero-order valence-electron chi connectivity index (χ0n) is 8.86. The van der Waals surface area contributed by atoms with Gasteiger partial charge in [-0.05, 0) is 24.5 Å². The van der Waals surface area contributed by atoms with Gasteiger partial charge in [0.05, 0.1) is 5.92 Å². The molecule has 1 aliphatic carbocycles. The Labute approximate surface area is 89.7 Å². The second-order valence-corrected chi connectivity index (χ2v) is 4.18. The molecule has 0 aliphatic heterocycles. The molecule has 0 bridgehead atoms. The lowest BCUT2D eigenvalue weighted by Gasteiger charge is -2.29. The molecule has 0 heterocycles. The lowest BCUT2D eigenvalue weighted by Crippen LogP contribution is -2.40. The van der Waals surface area contributed by atoms with Gasteiger partial charge in [0.15, 0.2) is 0 Å². The van der Waals surface area contributed by atoms with Gasteiger partial charge in [-0.3, -0.25) is 4.79 Å². The minimum absolute atomic E-state index is 0.0178. The third-order valence-electron chi connectivity index (χ3n) is 2.77. The quantitative estimate of drug-likeness (QED) is 0.764. The molecule has 2 rings (SSSR count). The van der Waals surface area contributed by atoms with Crippen LogP contribution in [0.5, 0.6) is 0 Å². The van der Waals surface area contributed by atoms with Crippen molar-refractivity contribution in [3.8, 4) is 0 Å². The van der Waals surface area contributed by atoms with Crippen molar-refractivity contribution >= 4 is 5.91 Å². The van der Waals surface area contributed by atoms with E-state index in [1.807, 2.05) is 25.1 Å². The number of nitrogens with two attached hydrogens (primary N) is 1. The van der Waals surface area contributed by atoms with E-state index in [1.54, 1.807) is 0 Å². The Balaban J connectivity index is 1.96. The standard InChI is InChI=1S/C12H16N2O/c1-8(13)7-14-12(15)11-6-9-4-2-3-5-10(9)11/h2-5,8,11H,6-7,13H2,1H3,(H,14,15). The molecule has 3 N–H and O–H groups in total. The first-order valence-corrected chi connectivity index (χ1v) is 5.29. The second-order valence-electron chi connectivity index (χ2n) is 4.18. The van der Waals surface area contributed by atoms with E-state index >= 15 is 0 Å². The van der Waals surface area contributed by atoms with Gasteiger partial charge >= 0.3 is 0 Å². The molecule has 0 fully saturated rings. The molecule has 0 radical (unpaired) electrons. The number of hydrogen-bond acceptors (Lipinski definition) is 2. The second kappa shape index (κ2) is 4.03. The summed E-state index contributed by atoms with van der Waals surface area (Å²) in [6.45, 7) is 2.44. The van der Waals surface area contributed by atoms with Crippen molar-refractivity contribution in [1.29, 1.82) is 0 Å². The summed E-state index contributed by atoms with van der Waals surface area (Å²) < 4.78 is 0. The van der Waals surface area contributed by atoms with Crippen LogP contribution in [0.2, 0.25) is 0 Å². The Morgan fingerprint density at radius 1 is 1.60 bits per heavy atom. The average Bonchev–Trinajstić information content (AvgIpc) is 2.17. The first kappa shape index (κ1) is 10.2. The number of carbonyl (C=O) groups is 1. The fourth-order valence-corrected chi connectivity index (χ4v) is 1.88. The van der Waals surface area contributed by atoms with E-state index in [2.05, 4.69) is 11.4 Å². The highest BCUT2D eigenvalue weighted by Gasteiger charge is 2.31. The summed E-state index contributed by atoms with van der Waals surface area (Å²) in [6.07, 6.45) is 0.862. The van der Waals surface area contributed by atoms with E-state index in [9.17, 15) is 4.79 Å². The van der Waals surface area contributed by atoms with Crippen molar-refractivity contribution in [3.05, 3.63) is 35.4 Å². The molecule has 1 aromatic rings. The Kier molecular flexibility index (Phi) is 2.73. The van der Waals surface area contributed by atoms with Gasteiger partial charge in [-0.15, -0.1) is 0 Å². The van der Waals surface area contributed by atoms with E-state index in [-0.39, 0.29) is 17.9 Å². The number of rotatable bonds is 3. The Morgan fingerprint density at radius 2 is 2.33 bits per heavy atom. The number of amides is 1. The van der Waals surface area contributed by atoms with Crippen LogP contribution in [-0.4, -0.2) is 18.5 Å². The van der Waals surface area contributed by atoms with Crippen molar-refractivity contribution in [2.75, 3.05) is 6.54 Å². The maximum absolute atomic E-state index is 11.7. The fraction of sp³-hybridized carbons (Fsp3) is 0.417. The summed E-state index contributed by atoms with van der Waals surface area (Å²) in [6, 6.07) is 8.10. The van der Waals surface area contributed by atoms with E-state index in [1.165, 1.54) is 11.1 Å². The maximum Gasteiger partial charge on any atom is 0.227 e. The van der Waals surface area contributed by atoms with Gasteiger partial charge < -0.3 is 11.1 Å². The van der Waals surface area contributed by atoms with Gasteiger partial charge in [0.25, 0.3) is 0 Å². The van der Waals surface area contributed by atoms with Gasteiger partial charge in [-0.25, -0.2) is 0 Å². The third kappa shape index (κ3) is 2.02. The molecule has 80 valence electrons. The predicted octanol–water partition coefficient (Wildman–Crippen LogP) is 0.790. The molecule has 1 aromatic carbocycles. The van der Waals surface area contributed by atoms with Crippen LogP contribution in [-0.2, 0) is 11.2 Å².